The zero-order chi connectivity index (χ0) is 31.5. The zero-order valence-corrected chi connectivity index (χ0v) is 21.6. The second-order valence-corrected chi connectivity index (χ2v) is 10.8. The van der Waals surface area contributed by atoms with Crippen LogP contribution in [0.15, 0.2) is 0 Å². The molecule has 0 saturated carbocycles. The van der Waals surface area contributed by atoms with Gasteiger partial charge in [0.15, 0.2) is 0 Å². The summed E-state index contributed by atoms with van der Waals surface area (Å²) in [6, 6.07) is 0. The number of rotatable bonds is 0. The van der Waals surface area contributed by atoms with Gasteiger partial charge in [-0.05, 0) is 0 Å². The van der Waals surface area contributed by atoms with Crippen molar-refractivity contribution in [3.8, 4) is 0 Å². The predicted octanol–water partition coefficient (Wildman–Crippen LogP) is -7.15. The molecule has 0 atom stereocenters. The summed E-state index contributed by atoms with van der Waals surface area (Å²) < 4.78 is 62.2. The van der Waals surface area contributed by atoms with E-state index in [0.29, 0.717) is 0 Å². The maximum absolute atomic E-state index is 8.88. The molecule has 0 radical (unpaired) electrons. The van der Waals surface area contributed by atoms with Gasteiger partial charge in [-0.25, -0.2) is 32.0 Å². The second kappa shape index (κ2) is 24.6. The Bertz CT molecular complexity index is 552. The van der Waals surface area contributed by atoms with Crippen LogP contribution < -0.4 is 0 Å². The Kier molecular flexibility index (Phi) is 39.3. The third-order valence-corrected chi connectivity index (χ3v) is 0. The monoisotopic (exact) mass is 710 g/mol. The van der Waals surface area contributed by atoms with E-state index in [1.54, 1.807) is 0 Å². The van der Waals surface area contributed by atoms with E-state index in [-0.39, 0.29) is 29.6 Å². The Morgan fingerprint density at radius 2 is 0.194 bits per heavy atom. The third kappa shape index (κ3) is 13800. The molecule has 28 nitrogen and oxygen atoms in total. The first-order valence-electron chi connectivity index (χ1n) is 5.48. The molecule has 226 valence electrons. The van der Waals surface area contributed by atoms with E-state index in [4.69, 9.17) is 135 Å². The van der Waals surface area contributed by atoms with Gasteiger partial charge in [-0.15, -0.1) is 0 Å². The van der Waals surface area contributed by atoms with Gasteiger partial charge < -0.3 is 103 Å². The average molecular weight is 710 g/mol. The molecule has 0 amide bonds. The molecule has 0 aromatic heterocycles. The summed E-state index contributed by atoms with van der Waals surface area (Å²) in [6.07, 6.45) is 0. The van der Waals surface area contributed by atoms with Crippen molar-refractivity contribution >= 4 is 84.3 Å². The van der Waals surface area contributed by atoms with Gasteiger partial charge in [-0.2, -0.15) is 0 Å². The molecule has 0 aliphatic carbocycles. The molecule has 36 heteroatoms. The molecule has 0 aromatic carbocycles. The van der Waals surface area contributed by atoms with Crippen LogP contribution in [0.3, 0.4) is 0 Å². The van der Waals surface area contributed by atoms with Crippen LogP contribution in [0.1, 0.15) is 0 Å². The molecule has 0 spiro atoms. The van der Waals surface area contributed by atoms with Gasteiger partial charge in [-0.3, -0.25) is 0 Å². The van der Waals surface area contributed by atoms with Crippen LogP contribution in [-0.2, 0) is 32.0 Å². The van der Waals surface area contributed by atoms with E-state index in [1.807, 2.05) is 0 Å². The normalized spacial score (nSPS) is 11.5. The van der Waals surface area contributed by atoms with E-state index in [1.165, 1.54) is 0 Å². The summed E-state index contributed by atoms with van der Waals surface area (Å²) in [5.74, 6) is 0. The standard InChI is InChI=1S/Na.7H3O4P.H/c;7*1-5(2,3)4;/h;7*(H3,1,2,3,4);. The molecule has 0 rings (SSSR count). The van der Waals surface area contributed by atoms with Crippen LogP contribution in [0.2, 0.25) is 0 Å². The molecule has 0 heterocycles. The number of phosphoric acid groups is 7. The molecule has 0 bridgehead atoms. The van der Waals surface area contributed by atoms with Crippen molar-refractivity contribution in [3.05, 3.63) is 0 Å². The van der Waals surface area contributed by atoms with Crippen molar-refractivity contribution in [3.63, 3.8) is 0 Å². The zero-order valence-electron chi connectivity index (χ0n) is 15.4. The summed E-state index contributed by atoms with van der Waals surface area (Å²) in [5.41, 5.74) is 0. The van der Waals surface area contributed by atoms with Gasteiger partial charge in [0.1, 0.15) is 0 Å². The molecule has 0 fully saturated rings. The van der Waals surface area contributed by atoms with Crippen LogP contribution in [-0.4, -0.2) is 132 Å². The third-order valence-electron chi connectivity index (χ3n) is 0. The van der Waals surface area contributed by atoms with E-state index >= 15 is 0 Å². The van der Waals surface area contributed by atoms with Gasteiger partial charge in [-0.1, -0.05) is 0 Å². The van der Waals surface area contributed by atoms with Gasteiger partial charge in [0.05, 0.1) is 0 Å². The van der Waals surface area contributed by atoms with Crippen molar-refractivity contribution in [2.24, 2.45) is 0 Å². The molecule has 21 N–H and O–H groups in total. The summed E-state index contributed by atoms with van der Waals surface area (Å²) in [4.78, 5) is 151. The molecule has 0 aliphatic heterocycles. The Morgan fingerprint density at radius 3 is 0.194 bits per heavy atom. The fraction of sp³-hybridized carbons (Fsp3) is 0. The molecule has 0 aliphatic rings. The predicted molar refractivity (Wildman–Crippen MR) is 107 cm³/mol. The van der Waals surface area contributed by atoms with Gasteiger partial charge in [0.25, 0.3) is 0 Å². The molecule has 0 unspecified atom stereocenters. The molecule has 36 heavy (non-hydrogen) atoms. The van der Waals surface area contributed by atoms with Crippen LogP contribution in [0.5, 0.6) is 0 Å². The Labute approximate surface area is 218 Å². The first-order chi connectivity index (χ1) is 14.0. The van der Waals surface area contributed by atoms with Gasteiger partial charge in [0, 0.05) is 0 Å². The van der Waals surface area contributed by atoms with E-state index in [0.717, 1.165) is 0 Å². The maximum atomic E-state index is 8.88. The first kappa shape index (κ1) is 57.6. The van der Waals surface area contributed by atoms with Crippen LogP contribution >= 0.6 is 54.8 Å². The van der Waals surface area contributed by atoms with Crippen molar-refractivity contribution in [2.75, 3.05) is 0 Å². The quantitative estimate of drug-likeness (QED) is 0.0820. The van der Waals surface area contributed by atoms with Crippen molar-refractivity contribution in [2.45, 2.75) is 0 Å². The van der Waals surface area contributed by atoms with Crippen LogP contribution in [0.4, 0.5) is 0 Å². The fourth-order valence-electron chi connectivity index (χ4n) is 0. The number of hydrogen-bond acceptors (Lipinski definition) is 7. The summed E-state index contributed by atoms with van der Waals surface area (Å²) in [6.45, 7) is 0. The Hall–Kier alpha value is 1.77. The van der Waals surface area contributed by atoms with Gasteiger partial charge >= 0.3 is 84.3 Å². The summed E-state index contributed by atoms with van der Waals surface area (Å²) in [5, 5.41) is 0. The topological polar surface area (TPSA) is 544 Å². The first-order valence-corrected chi connectivity index (χ1v) is 16.4. The summed E-state index contributed by atoms with van der Waals surface area (Å²) >= 11 is 0. The van der Waals surface area contributed by atoms with Gasteiger partial charge in [0.2, 0.25) is 0 Å². The van der Waals surface area contributed by atoms with E-state index in [9.17, 15) is 0 Å². The Morgan fingerprint density at radius 1 is 0.194 bits per heavy atom. The average Bonchev–Trinajstić information content (AvgIpc) is 2.06. The second-order valence-electron chi connectivity index (χ2n) is 3.59. The van der Waals surface area contributed by atoms with Crippen molar-refractivity contribution < 1.29 is 135 Å². The molecule has 0 aromatic rings. The minimum absolute atomic E-state index is 0. The van der Waals surface area contributed by atoms with Crippen LogP contribution in [0, 0.1) is 0 Å². The van der Waals surface area contributed by atoms with Crippen molar-refractivity contribution in [1.82, 2.24) is 0 Å². The van der Waals surface area contributed by atoms with E-state index < -0.39 is 54.8 Å². The Balaban J connectivity index is -0.0000000422. The molecular weight excluding hydrogens is 688 g/mol. The fourth-order valence-corrected chi connectivity index (χ4v) is 0. The van der Waals surface area contributed by atoms with Crippen molar-refractivity contribution in [1.29, 1.82) is 0 Å². The molecular formula is H22NaO28P7. The minimum atomic E-state index is -4.64. The molecule has 0 saturated heterocycles. The van der Waals surface area contributed by atoms with Crippen LogP contribution in [0.25, 0.3) is 0 Å². The summed E-state index contributed by atoms with van der Waals surface area (Å²) in [7, 11) is -32.5. The number of hydrogen-bond donors (Lipinski definition) is 21. The SMILES string of the molecule is O=P(O)(O)O.O=P(O)(O)O.O=P(O)(O)O.O=P(O)(O)O.O=P(O)(O)O.O=P(O)(O)O.O=P(O)(O)O.[NaH]. The van der Waals surface area contributed by atoms with E-state index in [2.05, 4.69) is 0 Å².